The van der Waals surface area contributed by atoms with Crippen LogP contribution < -0.4 is 10.1 Å². The molecule has 0 spiro atoms. The van der Waals surface area contributed by atoms with Gasteiger partial charge >= 0.3 is 0 Å². The van der Waals surface area contributed by atoms with E-state index in [0.717, 1.165) is 5.56 Å². The van der Waals surface area contributed by atoms with E-state index in [4.69, 9.17) is 4.74 Å². The summed E-state index contributed by atoms with van der Waals surface area (Å²) in [4.78, 5) is 8.26. The minimum absolute atomic E-state index is 0.0473. The van der Waals surface area contributed by atoms with Crippen molar-refractivity contribution in [2.75, 3.05) is 11.9 Å². The molecule has 1 atom stereocenters. The Labute approximate surface area is 125 Å². The van der Waals surface area contributed by atoms with Gasteiger partial charge in [-0.2, -0.15) is 0 Å². The molecular weight excluding hydrogens is 266 g/mol. The lowest BCUT2D eigenvalue weighted by atomic mass is 9.93. The Morgan fingerprint density at radius 2 is 1.95 bits per heavy atom. The second-order valence-corrected chi connectivity index (χ2v) is 5.39. The molecule has 0 aliphatic heterocycles. The maximum Gasteiger partial charge on any atom is 0.218 e. The second kappa shape index (κ2) is 6.54. The van der Waals surface area contributed by atoms with Crippen molar-refractivity contribution in [3.63, 3.8) is 0 Å². The van der Waals surface area contributed by atoms with E-state index >= 15 is 0 Å². The van der Waals surface area contributed by atoms with E-state index in [2.05, 4.69) is 15.3 Å². The molecular formula is C16H21N3O2. The lowest BCUT2D eigenvalue weighted by Gasteiger charge is -2.30. The van der Waals surface area contributed by atoms with Crippen molar-refractivity contribution in [3.05, 3.63) is 48.3 Å². The van der Waals surface area contributed by atoms with Crippen molar-refractivity contribution in [2.45, 2.75) is 32.4 Å². The smallest absolute Gasteiger partial charge is 0.218 e. The van der Waals surface area contributed by atoms with Gasteiger partial charge in [0.25, 0.3) is 0 Å². The van der Waals surface area contributed by atoms with Crippen molar-refractivity contribution < 1.29 is 9.84 Å². The first kappa shape index (κ1) is 15.3. The van der Waals surface area contributed by atoms with Gasteiger partial charge in [-0.1, -0.05) is 30.3 Å². The van der Waals surface area contributed by atoms with Gasteiger partial charge in [0.05, 0.1) is 18.2 Å². The quantitative estimate of drug-likeness (QED) is 0.854. The number of rotatable bonds is 6. The normalized spacial score (nSPS) is 13.8. The first-order chi connectivity index (χ1) is 10.0. The van der Waals surface area contributed by atoms with Gasteiger partial charge in [0, 0.05) is 6.07 Å². The Balaban J connectivity index is 2.22. The van der Waals surface area contributed by atoms with Crippen molar-refractivity contribution in [1.82, 2.24) is 9.97 Å². The largest absolute Gasteiger partial charge is 0.475 e. The lowest BCUT2D eigenvalue weighted by molar-refractivity contribution is 0.222. The molecule has 0 bridgehead atoms. The molecule has 1 aromatic heterocycles. The third kappa shape index (κ3) is 3.92. The summed E-state index contributed by atoms with van der Waals surface area (Å²) in [5.41, 5.74) is 0.363. The maximum atomic E-state index is 9.78. The molecule has 0 saturated carbocycles. The highest BCUT2D eigenvalue weighted by molar-refractivity contribution is 5.43. The number of nitrogens with one attached hydrogen (secondary N) is 1. The van der Waals surface area contributed by atoms with Gasteiger partial charge in [-0.25, -0.2) is 9.97 Å². The van der Waals surface area contributed by atoms with Crippen LogP contribution in [0.5, 0.6) is 5.88 Å². The van der Waals surface area contributed by atoms with Crippen LogP contribution in [0.2, 0.25) is 0 Å². The average Bonchev–Trinajstić information content (AvgIpc) is 2.47. The van der Waals surface area contributed by atoms with Crippen LogP contribution in [0.3, 0.4) is 0 Å². The molecule has 0 radical (unpaired) electrons. The Bertz CT molecular complexity index is 575. The number of hydrogen-bond acceptors (Lipinski definition) is 5. The number of aliphatic hydroxyl groups is 1. The third-order valence-corrected chi connectivity index (χ3v) is 3.13. The lowest BCUT2D eigenvalue weighted by Crippen LogP contribution is -2.36. The van der Waals surface area contributed by atoms with Crippen molar-refractivity contribution in [1.29, 1.82) is 0 Å². The minimum atomic E-state index is -0.620. The third-order valence-electron chi connectivity index (χ3n) is 3.13. The second-order valence-electron chi connectivity index (χ2n) is 5.39. The van der Waals surface area contributed by atoms with Crippen LogP contribution in [0.25, 0.3) is 0 Å². The van der Waals surface area contributed by atoms with Crippen LogP contribution in [0.15, 0.2) is 42.7 Å². The Morgan fingerprint density at radius 1 is 1.24 bits per heavy atom. The highest BCUT2D eigenvalue weighted by Gasteiger charge is 2.26. The van der Waals surface area contributed by atoms with Gasteiger partial charge in [-0.05, 0) is 26.3 Å². The fraction of sp³-hybridized carbons (Fsp3) is 0.375. The summed E-state index contributed by atoms with van der Waals surface area (Å²) in [6.07, 6.45) is 1.49. The fourth-order valence-corrected chi connectivity index (χ4v) is 2.01. The van der Waals surface area contributed by atoms with E-state index in [1.54, 1.807) is 6.07 Å². The molecule has 0 aliphatic rings. The summed E-state index contributed by atoms with van der Waals surface area (Å²) in [6.45, 7) is 5.75. The van der Waals surface area contributed by atoms with Crippen LogP contribution >= 0.6 is 0 Å². The molecule has 21 heavy (non-hydrogen) atoms. The first-order valence-electron chi connectivity index (χ1n) is 6.97. The predicted octanol–water partition coefficient (Wildman–Crippen LogP) is 2.58. The van der Waals surface area contributed by atoms with Gasteiger partial charge in [0.2, 0.25) is 5.88 Å². The van der Waals surface area contributed by atoms with E-state index in [0.29, 0.717) is 11.7 Å². The number of benzene rings is 1. The number of nitrogens with zero attached hydrogens (tertiary/aromatic N) is 2. The SMILES string of the molecule is CC(C)Oc1cc(NC(C)(CO)c2ccccc2)ncn1. The topological polar surface area (TPSA) is 67.3 Å². The molecule has 0 amide bonds. The summed E-state index contributed by atoms with van der Waals surface area (Å²) >= 11 is 0. The molecule has 1 unspecified atom stereocenters. The van der Waals surface area contributed by atoms with E-state index < -0.39 is 5.54 Å². The fourth-order valence-electron chi connectivity index (χ4n) is 2.01. The molecule has 2 rings (SSSR count). The molecule has 0 saturated heterocycles. The summed E-state index contributed by atoms with van der Waals surface area (Å²) in [5.74, 6) is 1.12. The molecule has 2 N–H and O–H groups in total. The Hall–Kier alpha value is -2.14. The molecule has 0 aliphatic carbocycles. The number of hydrogen-bond donors (Lipinski definition) is 2. The van der Waals surface area contributed by atoms with Gasteiger partial charge in [0.15, 0.2) is 0 Å². The predicted molar refractivity (Wildman–Crippen MR) is 82.3 cm³/mol. The molecule has 2 aromatic rings. The van der Waals surface area contributed by atoms with Gasteiger partial charge in [0.1, 0.15) is 12.1 Å². The van der Waals surface area contributed by atoms with Crippen molar-refractivity contribution >= 4 is 5.82 Å². The van der Waals surface area contributed by atoms with E-state index in [1.807, 2.05) is 51.1 Å². The summed E-state index contributed by atoms with van der Waals surface area (Å²) in [7, 11) is 0. The van der Waals surface area contributed by atoms with Gasteiger partial charge in [-0.15, -0.1) is 0 Å². The first-order valence-corrected chi connectivity index (χ1v) is 6.97. The van der Waals surface area contributed by atoms with E-state index in [-0.39, 0.29) is 12.7 Å². The zero-order valence-electron chi connectivity index (χ0n) is 12.6. The number of aromatic nitrogens is 2. The van der Waals surface area contributed by atoms with Gasteiger partial charge in [-0.3, -0.25) is 0 Å². The van der Waals surface area contributed by atoms with Crippen LogP contribution in [-0.2, 0) is 5.54 Å². The highest BCUT2D eigenvalue weighted by atomic mass is 16.5. The van der Waals surface area contributed by atoms with Crippen LogP contribution in [0.4, 0.5) is 5.82 Å². The standard InChI is InChI=1S/C16H21N3O2/c1-12(2)21-15-9-14(17-11-18-15)19-16(3,10-20)13-7-5-4-6-8-13/h4-9,11-12,20H,10H2,1-3H3,(H,17,18,19). The summed E-state index contributed by atoms with van der Waals surface area (Å²) in [5, 5.41) is 13.0. The number of ether oxygens (including phenoxy) is 1. The molecule has 5 nitrogen and oxygen atoms in total. The Kier molecular flexibility index (Phi) is 4.75. The van der Waals surface area contributed by atoms with Crippen LogP contribution in [-0.4, -0.2) is 27.8 Å². The highest BCUT2D eigenvalue weighted by Crippen LogP contribution is 2.25. The molecule has 1 aromatic carbocycles. The Morgan fingerprint density at radius 3 is 2.57 bits per heavy atom. The zero-order valence-corrected chi connectivity index (χ0v) is 12.6. The van der Waals surface area contributed by atoms with Crippen molar-refractivity contribution in [2.24, 2.45) is 0 Å². The molecule has 0 fully saturated rings. The van der Waals surface area contributed by atoms with Crippen LogP contribution in [0.1, 0.15) is 26.3 Å². The summed E-state index contributed by atoms with van der Waals surface area (Å²) in [6, 6.07) is 11.5. The van der Waals surface area contributed by atoms with E-state index in [9.17, 15) is 5.11 Å². The summed E-state index contributed by atoms with van der Waals surface area (Å²) < 4.78 is 5.56. The minimum Gasteiger partial charge on any atom is -0.475 e. The molecule has 1 heterocycles. The monoisotopic (exact) mass is 287 g/mol. The molecule has 112 valence electrons. The van der Waals surface area contributed by atoms with Crippen molar-refractivity contribution in [3.8, 4) is 5.88 Å². The number of aliphatic hydroxyl groups excluding tert-OH is 1. The number of anilines is 1. The zero-order chi connectivity index (χ0) is 15.3. The maximum absolute atomic E-state index is 9.78. The molecule has 5 heteroatoms. The van der Waals surface area contributed by atoms with Crippen LogP contribution in [0, 0.1) is 0 Å². The van der Waals surface area contributed by atoms with E-state index in [1.165, 1.54) is 6.33 Å². The average molecular weight is 287 g/mol. The van der Waals surface area contributed by atoms with Gasteiger partial charge < -0.3 is 15.2 Å².